The average Bonchev–Trinajstić information content (AvgIpc) is 2.77. The lowest BCUT2D eigenvalue weighted by Gasteiger charge is -2.33. The molecule has 1 saturated heterocycles. The summed E-state index contributed by atoms with van der Waals surface area (Å²) in [7, 11) is 0. The predicted octanol–water partition coefficient (Wildman–Crippen LogP) is 1.38. The van der Waals surface area contributed by atoms with E-state index in [1.54, 1.807) is 0 Å². The SMILES string of the molecule is CC1OCCC1(C)NC(=O)C1Cc2ccccc2CN1. The molecule has 3 unspecified atom stereocenters. The van der Waals surface area contributed by atoms with Gasteiger partial charge < -0.3 is 15.4 Å². The molecule has 0 saturated carbocycles. The summed E-state index contributed by atoms with van der Waals surface area (Å²) >= 11 is 0. The Morgan fingerprint density at radius 3 is 2.85 bits per heavy atom. The molecule has 2 aliphatic rings. The van der Waals surface area contributed by atoms with Crippen LogP contribution in [0.4, 0.5) is 0 Å². The van der Waals surface area contributed by atoms with Gasteiger partial charge in [-0.1, -0.05) is 24.3 Å². The van der Waals surface area contributed by atoms with E-state index in [1.165, 1.54) is 11.1 Å². The molecule has 108 valence electrons. The molecule has 1 fully saturated rings. The number of nitrogens with one attached hydrogen (secondary N) is 2. The summed E-state index contributed by atoms with van der Waals surface area (Å²) in [4.78, 5) is 12.5. The lowest BCUT2D eigenvalue weighted by atomic mass is 9.92. The van der Waals surface area contributed by atoms with Crippen molar-refractivity contribution in [2.24, 2.45) is 0 Å². The molecule has 4 heteroatoms. The summed E-state index contributed by atoms with van der Waals surface area (Å²) in [5.41, 5.74) is 2.32. The molecule has 3 rings (SSSR count). The molecule has 4 nitrogen and oxygen atoms in total. The maximum atomic E-state index is 12.5. The summed E-state index contributed by atoms with van der Waals surface area (Å²) in [5, 5.41) is 6.51. The van der Waals surface area contributed by atoms with E-state index in [2.05, 4.69) is 29.7 Å². The van der Waals surface area contributed by atoms with Crippen LogP contribution < -0.4 is 10.6 Å². The van der Waals surface area contributed by atoms with E-state index in [-0.39, 0.29) is 23.6 Å². The second kappa shape index (κ2) is 5.19. The molecule has 2 N–H and O–H groups in total. The van der Waals surface area contributed by atoms with E-state index in [4.69, 9.17) is 4.74 Å². The first-order valence-electron chi connectivity index (χ1n) is 7.32. The van der Waals surface area contributed by atoms with E-state index < -0.39 is 0 Å². The van der Waals surface area contributed by atoms with E-state index in [9.17, 15) is 4.79 Å². The fourth-order valence-electron chi connectivity index (χ4n) is 3.01. The predicted molar refractivity (Wildman–Crippen MR) is 77.4 cm³/mol. The first kappa shape index (κ1) is 13.6. The van der Waals surface area contributed by atoms with Crippen molar-refractivity contribution in [2.75, 3.05) is 6.61 Å². The number of carbonyl (C=O) groups is 1. The Balaban J connectivity index is 1.67. The molecule has 20 heavy (non-hydrogen) atoms. The fraction of sp³-hybridized carbons (Fsp3) is 0.562. The van der Waals surface area contributed by atoms with Gasteiger partial charge in [-0.25, -0.2) is 0 Å². The summed E-state index contributed by atoms with van der Waals surface area (Å²) in [6, 6.07) is 8.16. The van der Waals surface area contributed by atoms with Crippen molar-refractivity contribution in [1.82, 2.24) is 10.6 Å². The van der Waals surface area contributed by atoms with Crippen molar-refractivity contribution in [3.8, 4) is 0 Å². The van der Waals surface area contributed by atoms with Gasteiger partial charge >= 0.3 is 0 Å². The second-order valence-corrected chi connectivity index (χ2v) is 6.08. The number of amides is 1. The number of carbonyl (C=O) groups excluding carboxylic acids is 1. The van der Waals surface area contributed by atoms with Gasteiger partial charge in [-0.15, -0.1) is 0 Å². The van der Waals surface area contributed by atoms with Crippen LogP contribution in [0.2, 0.25) is 0 Å². The smallest absolute Gasteiger partial charge is 0.238 e. The van der Waals surface area contributed by atoms with Gasteiger partial charge in [0.2, 0.25) is 5.91 Å². The van der Waals surface area contributed by atoms with E-state index >= 15 is 0 Å². The molecule has 0 aromatic heterocycles. The fourth-order valence-corrected chi connectivity index (χ4v) is 3.01. The number of hydrogen-bond donors (Lipinski definition) is 2. The average molecular weight is 274 g/mol. The lowest BCUT2D eigenvalue weighted by molar-refractivity contribution is -0.125. The third-order valence-electron chi connectivity index (χ3n) is 4.69. The van der Waals surface area contributed by atoms with Crippen LogP contribution in [-0.4, -0.2) is 30.2 Å². The van der Waals surface area contributed by atoms with Crippen molar-refractivity contribution in [3.63, 3.8) is 0 Å². The molecule has 0 spiro atoms. The van der Waals surface area contributed by atoms with Crippen molar-refractivity contribution in [2.45, 2.75) is 50.9 Å². The molecule has 0 bridgehead atoms. The largest absolute Gasteiger partial charge is 0.376 e. The maximum Gasteiger partial charge on any atom is 0.238 e. The van der Waals surface area contributed by atoms with Crippen LogP contribution in [0.3, 0.4) is 0 Å². The zero-order valence-electron chi connectivity index (χ0n) is 12.1. The van der Waals surface area contributed by atoms with Gasteiger partial charge in [-0.05, 0) is 37.8 Å². The first-order valence-corrected chi connectivity index (χ1v) is 7.32. The Kier molecular flexibility index (Phi) is 3.52. The van der Waals surface area contributed by atoms with Gasteiger partial charge in [0.25, 0.3) is 0 Å². The molecule has 2 aliphatic heterocycles. The topological polar surface area (TPSA) is 50.4 Å². The zero-order chi connectivity index (χ0) is 14.2. The van der Waals surface area contributed by atoms with Gasteiger partial charge in [0.1, 0.15) is 0 Å². The quantitative estimate of drug-likeness (QED) is 0.857. The Morgan fingerprint density at radius 1 is 1.40 bits per heavy atom. The van der Waals surface area contributed by atoms with Crippen LogP contribution in [0.15, 0.2) is 24.3 Å². The lowest BCUT2D eigenvalue weighted by Crippen LogP contribution is -2.57. The van der Waals surface area contributed by atoms with Gasteiger partial charge in [-0.3, -0.25) is 4.79 Å². The minimum absolute atomic E-state index is 0.0716. The molecule has 3 atom stereocenters. The van der Waals surface area contributed by atoms with Crippen LogP contribution in [0.25, 0.3) is 0 Å². The molecule has 1 aromatic rings. The first-order chi connectivity index (χ1) is 9.58. The van der Waals surface area contributed by atoms with Crippen LogP contribution in [0.5, 0.6) is 0 Å². The highest BCUT2D eigenvalue weighted by atomic mass is 16.5. The van der Waals surface area contributed by atoms with Crippen molar-refractivity contribution in [3.05, 3.63) is 35.4 Å². The maximum absolute atomic E-state index is 12.5. The monoisotopic (exact) mass is 274 g/mol. The minimum atomic E-state index is -0.240. The van der Waals surface area contributed by atoms with Gasteiger partial charge in [-0.2, -0.15) is 0 Å². The molecular weight excluding hydrogens is 252 g/mol. The van der Waals surface area contributed by atoms with Crippen molar-refractivity contribution >= 4 is 5.91 Å². The third-order valence-corrected chi connectivity index (χ3v) is 4.69. The molecule has 1 aromatic carbocycles. The number of rotatable bonds is 2. The molecule has 0 radical (unpaired) electrons. The summed E-state index contributed by atoms with van der Waals surface area (Å²) in [6.45, 7) is 5.58. The van der Waals surface area contributed by atoms with E-state index in [0.29, 0.717) is 0 Å². The third kappa shape index (κ3) is 2.45. The van der Waals surface area contributed by atoms with Crippen molar-refractivity contribution < 1.29 is 9.53 Å². The standard InChI is InChI=1S/C16H22N2O2/c1-11-16(2,7-8-20-11)18-15(19)14-9-12-5-3-4-6-13(12)10-17-14/h3-6,11,14,17H,7-10H2,1-2H3,(H,18,19). The Labute approximate surface area is 119 Å². The normalized spacial score (nSPS) is 32.7. The Morgan fingerprint density at radius 2 is 2.15 bits per heavy atom. The second-order valence-electron chi connectivity index (χ2n) is 6.08. The highest BCUT2D eigenvalue weighted by Gasteiger charge is 2.39. The molecule has 1 amide bonds. The van der Waals surface area contributed by atoms with Gasteiger partial charge in [0.15, 0.2) is 0 Å². The summed E-state index contributed by atoms with van der Waals surface area (Å²) in [5.74, 6) is 0.0827. The van der Waals surface area contributed by atoms with E-state index in [1.807, 2.05) is 19.1 Å². The highest BCUT2D eigenvalue weighted by Crippen LogP contribution is 2.25. The van der Waals surface area contributed by atoms with Crippen LogP contribution in [0.1, 0.15) is 31.4 Å². The van der Waals surface area contributed by atoms with Crippen LogP contribution in [0, 0.1) is 0 Å². The molecule has 0 aliphatic carbocycles. The minimum Gasteiger partial charge on any atom is -0.376 e. The Hall–Kier alpha value is -1.39. The van der Waals surface area contributed by atoms with Crippen LogP contribution in [-0.2, 0) is 22.5 Å². The summed E-state index contributed by atoms with van der Waals surface area (Å²) < 4.78 is 5.58. The van der Waals surface area contributed by atoms with Gasteiger partial charge in [0.05, 0.1) is 17.7 Å². The zero-order valence-corrected chi connectivity index (χ0v) is 12.1. The summed E-state index contributed by atoms with van der Waals surface area (Å²) in [6.07, 6.45) is 1.71. The van der Waals surface area contributed by atoms with Gasteiger partial charge in [0, 0.05) is 13.2 Å². The van der Waals surface area contributed by atoms with Crippen molar-refractivity contribution in [1.29, 1.82) is 0 Å². The van der Waals surface area contributed by atoms with E-state index in [0.717, 1.165) is 26.0 Å². The molecular formula is C16H22N2O2. The number of ether oxygens (including phenoxy) is 1. The molecule has 2 heterocycles. The number of hydrogen-bond acceptors (Lipinski definition) is 3. The highest BCUT2D eigenvalue weighted by molar-refractivity contribution is 5.83. The van der Waals surface area contributed by atoms with Crippen LogP contribution >= 0.6 is 0 Å². The number of benzene rings is 1. The Bertz CT molecular complexity index is 517. The number of fused-ring (bicyclic) bond motifs is 1.